The van der Waals surface area contributed by atoms with Gasteiger partial charge in [0.25, 0.3) is 0 Å². The zero-order valence-corrected chi connectivity index (χ0v) is 13.3. The van der Waals surface area contributed by atoms with E-state index < -0.39 is 0 Å². The Morgan fingerprint density at radius 1 is 1.14 bits per heavy atom. The average molecular weight is 306 g/mol. The standard InChI is InChI=1S/C17H20ClNO2/c1-12-6-4-5-7-16(12)21-13(2)11-19-14-8-9-17(20-3)15(18)10-14/h4-10,13,19H,11H2,1-3H3. The maximum atomic E-state index is 6.10. The van der Waals surface area contributed by atoms with E-state index >= 15 is 0 Å². The lowest BCUT2D eigenvalue weighted by atomic mass is 10.2. The SMILES string of the molecule is COc1ccc(NCC(C)Oc2ccccc2C)cc1Cl. The maximum Gasteiger partial charge on any atom is 0.137 e. The van der Waals surface area contributed by atoms with E-state index in [4.69, 9.17) is 21.1 Å². The second kappa shape index (κ2) is 7.23. The van der Waals surface area contributed by atoms with Crippen LogP contribution in [0.1, 0.15) is 12.5 Å². The first-order valence-corrected chi connectivity index (χ1v) is 7.27. The number of nitrogens with one attached hydrogen (secondary N) is 1. The molecule has 2 aromatic carbocycles. The molecule has 0 saturated heterocycles. The molecule has 0 heterocycles. The Balaban J connectivity index is 1.91. The Labute approximate surface area is 130 Å². The molecule has 112 valence electrons. The van der Waals surface area contributed by atoms with Crippen molar-refractivity contribution in [3.63, 3.8) is 0 Å². The number of hydrogen-bond donors (Lipinski definition) is 1. The molecule has 3 nitrogen and oxygen atoms in total. The zero-order chi connectivity index (χ0) is 15.2. The van der Waals surface area contributed by atoms with Crippen molar-refractivity contribution in [1.82, 2.24) is 0 Å². The Morgan fingerprint density at radius 3 is 2.57 bits per heavy atom. The summed E-state index contributed by atoms with van der Waals surface area (Å²) in [5, 5.41) is 3.90. The van der Waals surface area contributed by atoms with Crippen LogP contribution in [-0.4, -0.2) is 19.8 Å². The Hall–Kier alpha value is -1.87. The van der Waals surface area contributed by atoms with Gasteiger partial charge in [0.05, 0.1) is 18.7 Å². The highest BCUT2D eigenvalue weighted by Gasteiger charge is 2.07. The molecule has 0 aliphatic heterocycles. The van der Waals surface area contributed by atoms with Gasteiger partial charge in [-0.2, -0.15) is 0 Å². The molecular formula is C17H20ClNO2. The first kappa shape index (κ1) is 15.5. The molecule has 2 aromatic rings. The molecule has 0 bridgehead atoms. The van der Waals surface area contributed by atoms with E-state index in [0.717, 1.165) is 17.0 Å². The molecule has 0 radical (unpaired) electrons. The van der Waals surface area contributed by atoms with Crippen molar-refractivity contribution in [2.24, 2.45) is 0 Å². The van der Waals surface area contributed by atoms with Crippen LogP contribution in [0.3, 0.4) is 0 Å². The molecule has 0 spiro atoms. The van der Waals surface area contributed by atoms with Crippen molar-refractivity contribution in [3.8, 4) is 11.5 Å². The van der Waals surface area contributed by atoms with Crippen molar-refractivity contribution in [2.75, 3.05) is 19.0 Å². The lowest BCUT2D eigenvalue weighted by Gasteiger charge is -2.18. The van der Waals surface area contributed by atoms with Crippen LogP contribution in [0.5, 0.6) is 11.5 Å². The summed E-state index contributed by atoms with van der Waals surface area (Å²) in [6.45, 7) is 4.76. The van der Waals surface area contributed by atoms with Crippen molar-refractivity contribution in [3.05, 3.63) is 53.1 Å². The van der Waals surface area contributed by atoms with Crippen LogP contribution < -0.4 is 14.8 Å². The van der Waals surface area contributed by atoms with E-state index in [2.05, 4.69) is 5.32 Å². The highest BCUT2D eigenvalue weighted by Crippen LogP contribution is 2.27. The number of benzene rings is 2. The van der Waals surface area contributed by atoms with Gasteiger partial charge in [0.15, 0.2) is 0 Å². The average Bonchev–Trinajstić information content (AvgIpc) is 2.48. The molecule has 1 unspecified atom stereocenters. The van der Waals surface area contributed by atoms with Gasteiger partial charge >= 0.3 is 0 Å². The van der Waals surface area contributed by atoms with Gasteiger partial charge in [0, 0.05) is 5.69 Å². The van der Waals surface area contributed by atoms with Gasteiger partial charge in [-0.25, -0.2) is 0 Å². The minimum absolute atomic E-state index is 0.0481. The summed E-state index contributed by atoms with van der Waals surface area (Å²) in [6.07, 6.45) is 0.0481. The maximum absolute atomic E-state index is 6.10. The molecule has 21 heavy (non-hydrogen) atoms. The van der Waals surface area contributed by atoms with E-state index in [1.807, 2.05) is 56.3 Å². The molecule has 2 rings (SSSR count). The first-order chi connectivity index (χ1) is 10.1. The predicted octanol–water partition coefficient (Wildman–Crippen LogP) is 4.54. The molecule has 4 heteroatoms. The van der Waals surface area contributed by atoms with Crippen LogP contribution in [0.25, 0.3) is 0 Å². The highest BCUT2D eigenvalue weighted by molar-refractivity contribution is 6.32. The third kappa shape index (κ3) is 4.30. The fourth-order valence-corrected chi connectivity index (χ4v) is 2.24. The van der Waals surface area contributed by atoms with Gasteiger partial charge in [-0.1, -0.05) is 29.8 Å². The van der Waals surface area contributed by atoms with Crippen LogP contribution in [0.15, 0.2) is 42.5 Å². The predicted molar refractivity (Wildman–Crippen MR) is 87.8 cm³/mol. The molecule has 0 aliphatic carbocycles. The number of para-hydroxylation sites is 1. The van der Waals surface area contributed by atoms with Crippen LogP contribution >= 0.6 is 11.6 Å². The summed E-state index contributed by atoms with van der Waals surface area (Å²) in [4.78, 5) is 0. The van der Waals surface area contributed by atoms with Crippen LogP contribution in [0, 0.1) is 6.92 Å². The number of halogens is 1. The summed E-state index contributed by atoms with van der Waals surface area (Å²) in [7, 11) is 1.60. The Bertz CT molecular complexity index is 601. The summed E-state index contributed by atoms with van der Waals surface area (Å²) < 4.78 is 11.1. The fourth-order valence-electron chi connectivity index (χ4n) is 1.98. The van der Waals surface area contributed by atoms with Crippen LogP contribution in [0.4, 0.5) is 5.69 Å². The monoisotopic (exact) mass is 305 g/mol. The number of anilines is 1. The van der Waals surface area contributed by atoms with E-state index in [-0.39, 0.29) is 6.10 Å². The van der Waals surface area contributed by atoms with Crippen LogP contribution in [0.2, 0.25) is 5.02 Å². The van der Waals surface area contributed by atoms with E-state index in [1.165, 1.54) is 0 Å². The second-order valence-electron chi connectivity index (χ2n) is 4.92. The summed E-state index contributed by atoms with van der Waals surface area (Å²) in [5.74, 6) is 1.59. The van der Waals surface area contributed by atoms with Crippen LogP contribution in [-0.2, 0) is 0 Å². The normalized spacial score (nSPS) is 11.8. The van der Waals surface area contributed by atoms with Crippen molar-refractivity contribution >= 4 is 17.3 Å². The molecule has 0 amide bonds. The van der Waals surface area contributed by atoms with Gasteiger partial charge in [0.2, 0.25) is 0 Å². The van der Waals surface area contributed by atoms with Gasteiger partial charge in [-0.15, -0.1) is 0 Å². The third-order valence-corrected chi connectivity index (χ3v) is 3.46. The number of aryl methyl sites for hydroxylation is 1. The Kier molecular flexibility index (Phi) is 5.34. The quantitative estimate of drug-likeness (QED) is 0.850. The number of rotatable bonds is 6. The molecular weight excluding hydrogens is 286 g/mol. The summed E-state index contributed by atoms with van der Waals surface area (Å²) in [5.41, 5.74) is 2.08. The summed E-state index contributed by atoms with van der Waals surface area (Å²) >= 11 is 6.10. The second-order valence-corrected chi connectivity index (χ2v) is 5.33. The van der Waals surface area contributed by atoms with E-state index in [1.54, 1.807) is 7.11 Å². The van der Waals surface area contributed by atoms with Crippen molar-refractivity contribution in [1.29, 1.82) is 0 Å². The van der Waals surface area contributed by atoms with Gasteiger partial charge in [-0.3, -0.25) is 0 Å². The Morgan fingerprint density at radius 2 is 1.90 bits per heavy atom. The van der Waals surface area contributed by atoms with E-state index in [9.17, 15) is 0 Å². The third-order valence-electron chi connectivity index (χ3n) is 3.17. The topological polar surface area (TPSA) is 30.5 Å². The number of ether oxygens (including phenoxy) is 2. The lowest BCUT2D eigenvalue weighted by molar-refractivity contribution is 0.233. The van der Waals surface area contributed by atoms with Crippen molar-refractivity contribution in [2.45, 2.75) is 20.0 Å². The molecule has 0 aliphatic rings. The van der Waals surface area contributed by atoms with Gasteiger partial charge < -0.3 is 14.8 Å². The minimum atomic E-state index is 0.0481. The number of hydrogen-bond acceptors (Lipinski definition) is 3. The largest absolute Gasteiger partial charge is 0.495 e. The van der Waals surface area contributed by atoms with Crippen molar-refractivity contribution < 1.29 is 9.47 Å². The minimum Gasteiger partial charge on any atom is -0.495 e. The molecule has 1 atom stereocenters. The highest BCUT2D eigenvalue weighted by atomic mass is 35.5. The zero-order valence-electron chi connectivity index (χ0n) is 12.5. The fraction of sp³-hybridized carbons (Fsp3) is 0.294. The summed E-state index contributed by atoms with van der Waals surface area (Å²) in [6, 6.07) is 13.6. The smallest absolute Gasteiger partial charge is 0.137 e. The molecule has 0 aromatic heterocycles. The lowest BCUT2D eigenvalue weighted by Crippen LogP contribution is -2.23. The molecule has 0 saturated carbocycles. The molecule has 1 N–H and O–H groups in total. The number of methoxy groups -OCH3 is 1. The van der Waals surface area contributed by atoms with Gasteiger partial charge in [-0.05, 0) is 43.7 Å². The van der Waals surface area contributed by atoms with E-state index in [0.29, 0.717) is 17.3 Å². The molecule has 0 fully saturated rings. The first-order valence-electron chi connectivity index (χ1n) is 6.90. The van der Waals surface area contributed by atoms with Gasteiger partial charge in [0.1, 0.15) is 17.6 Å².